The summed E-state index contributed by atoms with van der Waals surface area (Å²) in [7, 11) is -1.93. The number of methoxy groups -OCH3 is 1. The molecule has 0 atom stereocenters. The molecule has 10 heteroatoms. The van der Waals surface area contributed by atoms with E-state index in [1.54, 1.807) is 25.3 Å². The lowest BCUT2D eigenvalue weighted by Gasteiger charge is -2.18. The number of fused-ring (bicyclic) bond motifs is 1. The summed E-state index contributed by atoms with van der Waals surface area (Å²) in [4.78, 5) is 17.2. The van der Waals surface area contributed by atoms with Gasteiger partial charge in [-0.05, 0) is 49.2 Å². The van der Waals surface area contributed by atoms with Crippen LogP contribution in [-0.4, -0.2) is 60.7 Å². The molecule has 1 amide bonds. The first-order valence-electron chi connectivity index (χ1n) is 11.4. The Morgan fingerprint density at radius 2 is 1.82 bits per heavy atom. The normalized spacial score (nSPS) is 11.8. The topological polar surface area (TPSA) is 93.5 Å². The van der Waals surface area contributed by atoms with Gasteiger partial charge < -0.3 is 14.6 Å². The number of hydrogen-bond donors (Lipinski definition) is 1. The Kier molecular flexibility index (Phi) is 8.98. The number of carbonyl (C=O) groups is 1. The quantitative estimate of drug-likeness (QED) is 0.379. The fourth-order valence-electron chi connectivity index (χ4n) is 3.70. The molecule has 0 unspecified atom stereocenters. The second-order valence-corrected chi connectivity index (χ2v) is 10.5. The molecule has 34 heavy (non-hydrogen) atoms. The Morgan fingerprint density at radius 3 is 2.44 bits per heavy atom. The molecular weight excluding hydrogens is 472 g/mol. The van der Waals surface area contributed by atoms with E-state index in [9.17, 15) is 13.2 Å². The first-order valence-corrected chi connectivity index (χ1v) is 13.8. The molecule has 0 aliphatic heterocycles. The third-order valence-corrected chi connectivity index (χ3v) is 8.59. The first-order chi connectivity index (χ1) is 16.3. The zero-order chi connectivity index (χ0) is 24.7. The number of nitrogens with one attached hydrogen (secondary N) is 1. The molecule has 0 saturated heterocycles. The van der Waals surface area contributed by atoms with Crippen LogP contribution in [-0.2, 0) is 27.8 Å². The average molecular weight is 505 g/mol. The molecule has 2 aromatic carbocycles. The number of rotatable bonds is 12. The van der Waals surface area contributed by atoms with Crippen molar-refractivity contribution in [2.24, 2.45) is 0 Å². The Labute approximate surface area is 205 Å². The molecule has 0 radical (unpaired) electrons. The molecule has 0 aliphatic rings. The number of amides is 1. The maximum Gasteiger partial charge on any atom is 0.243 e. The van der Waals surface area contributed by atoms with Crippen molar-refractivity contribution in [2.45, 2.75) is 43.8 Å². The molecule has 1 N–H and O–H groups in total. The molecule has 184 valence electrons. The van der Waals surface area contributed by atoms with Gasteiger partial charge in [-0.25, -0.2) is 13.4 Å². The number of sulfonamides is 1. The summed E-state index contributed by atoms with van der Waals surface area (Å²) in [5, 5.41) is 3.64. The lowest BCUT2D eigenvalue weighted by atomic mass is 10.1. The molecular formula is C24H32N4O4S2. The summed E-state index contributed by atoms with van der Waals surface area (Å²) in [6, 6.07) is 12.8. The van der Waals surface area contributed by atoms with Gasteiger partial charge in [-0.2, -0.15) is 4.31 Å². The van der Waals surface area contributed by atoms with Gasteiger partial charge in [0.15, 0.2) is 5.16 Å². The van der Waals surface area contributed by atoms with E-state index in [1.807, 2.05) is 49.6 Å². The molecule has 3 rings (SSSR count). The van der Waals surface area contributed by atoms with E-state index >= 15 is 0 Å². The zero-order valence-corrected chi connectivity index (χ0v) is 21.7. The standard InChI is InChI=1S/C24H32N4O4S2/c1-5-27(6-2)34(30,31)20-12-13-22-21(16-20)26-24(28(22)7-3)33-17-23(29)25-15-14-18-8-10-19(32-4)11-9-18/h8-13,16H,5-7,14-15,17H2,1-4H3,(H,25,29). The molecule has 0 saturated carbocycles. The van der Waals surface area contributed by atoms with Crippen molar-refractivity contribution in [3.8, 4) is 5.75 Å². The number of thioether (sulfide) groups is 1. The summed E-state index contributed by atoms with van der Waals surface area (Å²) in [6.07, 6.45) is 0.734. The van der Waals surface area contributed by atoms with E-state index in [2.05, 4.69) is 10.3 Å². The van der Waals surface area contributed by atoms with Crippen molar-refractivity contribution >= 4 is 38.7 Å². The minimum Gasteiger partial charge on any atom is -0.497 e. The highest BCUT2D eigenvalue weighted by molar-refractivity contribution is 7.99. The van der Waals surface area contributed by atoms with E-state index in [1.165, 1.54) is 16.1 Å². The lowest BCUT2D eigenvalue weighted by Crippen LogP contribution is -2.30. The van der Waals surface area contributed by atoms with Gasteiger partial charge in [0.25, 0.3) is 0 Å². The van der Waals surface area contributed by atoms with Crippen molar-refractivity contribution < 1.29 is 17.9 Å². The maximum atomic E-state index is 12.9. The van der Waals surface area contributed by atoms with Gasteiger partial charge in [0.05, 0.1) is 28.8 Å². The highest BCUT2D eigenvalue weighted by atomic mass is 32.2. The maximum absolute atomic E-state index is 12.9. The highest BCUT2D eigenvalue weighted by Gasteiger charge is 2.23. The van der Waals surface area contributed by atoms with E-state index < -0.39 is 10.0 Å². The van der Waals surface area contributed by atoms with Crippen LogP contribution in [0.3, 0.4) is 0 Å². The van der Waals surface area contributed by atoms with E-state index in [-0.39, 0.29) is 16.6 Å². The van der Waals surface area contributed by atoms with Gasteiger partial charge in [0.2, 0.25) is 15.9 Å². The number of carbonyl (C=O) groups excluding carboxylic acids is 1. The van der Waals surface area contributed by atoms with Gasteiger partial charge in [0.1, 0.15) is 5.75 Å². The van der Waals surface area contributed by atoms with Gasteiger partial charge in [0, 0.05) is 26.2 Å². The van der Waals surface area contributed by atoms with Gasteiger partial charge in [-0.1, -0.05) is 37.7 Å². The molecule has 8 nitrogen and oxygen atoms in total. The minimum atomic E-state index is -3.56. The van der Waals surface area contributed by atoms with E-state index in [0.717, 1.165) is 23.3 Å². The predicted octanol–water partition coefficient (Wildman–Crippen LogP) is 3.55. The lowest BCUT2D eigenvalue weighted by molar-refractivity contribution is -0.118. The van der Waals surface area contributed by atoms with E-state index in [0.29, 0.717) is 36.9 Å². The van der Waals surface area contributed by atoms with Crippen LogP contribution >= 0.6 is 11.8 Å². The Bertz CT molecular complexity index is 1220. The fourth-order valence-corrected chi connectivity index (χ4v) is 6.08. The number of benzene rings is 2. The second kappa shape index (κ2) is 11.7. The van der Waals surface area contributed by atoms with Crippen LogP contribution in [0.1, 0.15) is 26.3 Å². The summed E-state index contributed by atoms with van der Waals surface area (Å²) < 4.78 is 34.3. The number of hydrogen-bond acceptors (Lipinski definition) is 6. The molecule has 0 spiro atoms. The molecule has 1 heterocycles. The van der Waals surface area contributed by atoms with E-state index in [4.69, 9.17) is 4.74 Å². The van der Waals surface area contributed by atoms with Gasteiger partial charge in [-0.3, -0.25) is 4.79 Å². The van der Waals surface area contributed by atoms with Crippen LogP contribution in [0, 0.1) is 0 Å². The molecule has 0 fully saturated rings. The summed E-state index contributed by atoms with van der Waals surface area (Å²) >= 11 is 1.35. The van der Waals surface area contributed by atoms with Crippen LogP contribution in [0.2, 0.25) is 0 Å². The van der Waals surface area contributed by atoms with Crippen LogP contribution in [0.15, 0.2) is 52.5 Å². The second-order valence-electron chi connectivity index (χ2n) is 7.62. The zero-order valence-electron chi connectivity index (χ0n) is 20.1. The van der Waals surface area contributed by atoms with Crippen molar-refractivity contribution in [1.29, 1.82) is 0 Å². The molecule has 0 aliphatic carbocycles. The SMILES string of the molecule is CCN(CC)S(=O)(=O)c1ccc2c(c1)nc(SCC(=O)NCCc1ccc(OC)cc1)n2CC. The monoisotopic (exact) mass is 504 g/mol. The first kappa shape index (κ1) is 26.1. The summed E-state index contributed by atoms with van der Waals surface area (Å²) in [5.41, 5.74) is 2.58. The number of nitrogens with zero attached hydrogens (tertiary/aromatic N) is 3. The third-order valence-electron chi connectivity index (χ3n) is 5.57. The van der Waals surface area contributed by atoms with Gasteiger partial charge >= 0.3 is 0 Å². The Balaban J connectivity index is 1.65. The van der Waals surface area contributed by atoms with Crippen LogP contribution in [0.5, 0.6) is 5.75 Å². The number of aromatic nitrogens is 2. The van der Waals surface area contributed by atoms with Crippen LogP contribution in [0.25, 0.3) is 11.0 Å². The van der Waals surface area contributed by atoms with Crippen LogP contribution in [0.4, 0.5) is 0 Å². The van der Waals surface area contributed by atoms with Crippen LogP contribution < -0.4 is 10.1 Å². The minimum absolute atomic E-state index is 0.0713. The third kappa shape index (κ3) is 5.92. The fraction of sp³-hybridized carbons (Fsp3) is 0.417. The Hall–Kier alpha value is -2.56. The molecule has 1 aromatic heterocycles. The number of ether oxygens (including phenoxy) is 1. The van der Waals surface area contributed by atoms with Crippen molar-refractivity contribution in [3.05, 3.63) is 48.0 Å². The highest BCUT2D eigenvalue weighted by Crippen LogP contribution is 2.27. The smallest absolute Gasteiger partial charge is 0.243 e. The number of aryl methyl sites for hydroxylation is 1. The van der Waals surface area contributed by atoms with Gasteiger partial charge in [-0.15, -0.1) is 0 Å². The molecule has 0 bridgehead atoms. The summed E-state index contributed by atoms with van der Waals surface area (Å²) in [5.74, 6) is 0.968. The number of imidazole rings is 1. The average Bonchev–Trinajstić information content (AvgIpc) is 3.20. The summed E-state index contributed by atoms with van der Waals surface area (Å²) in [6.45, 7) is 7.68. The predicted molar refractivity (Wildman–Crippen MR) is 136 cm³/mol. The Morgan fingerprint density at radius 1 is 1.12 bits per heavy atom. The van der Waals surface area contributed by atoms with Crippen molar-refractivity contribution in [2.75, 3.05) is 32.5 Å². The van der Waals surface area contributed by atoms with Crippen molar-refractivity contribution in [3.63, 3.8) is 0 Å². The molecule has 3 aromatic rings. The largest absolute Gasteiger partial charge is 0.497 e. The van der Waals surface area contributed by atoms with Crippen molar-refractivity contribution in [1.82, 2.24) is 19.2 Å².